The number of nitrogens with one attached hydrogen (secondary N) is 1. The second-order valence-corrected chi connectivity index (χ2v) is 11.0. The van der Waals surface area contributed by atoms with E-state index in [-0.39, 0.29) is 27.8 Å². The molecule has 4 rings (SSSR count). The van der Waals surface area contributed by atoms with E-state index in [1.165, 1.54) is 28.6 Å². The van der Waals surface area contributed by atoms with Gasteiger partial charge in [0.2, 0.25) is 20.0 Å². The highest BCUT2D eigenvalue weighted by Crippen LogP contribution is 2.39. The Morgan fingerprint density at radius 2 is 1.56 bits per heavy atom. The van der Waals surface area contributed by atoms with Gasteiger partial charge in [0.1, 0.15) is 0 Å². The molecule has 2 aliphatic carbocycles. The molecule has 138 valence electrons. The van der Waals surface area contributed by atoms with Crippen LogP contribution in [-0.2, 0) is 20.0 Å². The third-order valence-corrected chi connectivity index (χ3v) is 8.93. The first-order chi connectivity index (χ1) is 11.8. The standard InChI is InChI=1S/C16H23N3O4S2/c17-16-8-1-11-9-19(10-15(11)16)25(22,23)14-6-4-13(5-7-14)24(20,21)18-12-2-3-12/h4-7,11-12,15-16,18H,1-3,8-10,17H2. The highest BCUT2D eigenvalue weighted by atomic mass is 32.2. The first-order valence-electron chi connectivity index (χ1n) is 8.65. The van der Waals surface area contributed by atoms with Gasteiger partial charge in [0.25, 0.3) is 0 Å². The lowest BCUT2D eigenvalue weighted by Gasteiger charge is -2.18. The average Bonchev–Trinajstić information content (AvgIpc) is 3.14. The molecule has 9 heteroatoms. The van der Waals surface area contributed by atoms with E-state index in [0.717, 1.165) is 25.7 Å². The quantitative estimate of drug-likeness (QED) is 0.766. The maximum Gasteiger partial charge on any atom is 0.243 e. The van der Waals surface area contributed by atoms with E-state index in [1.54, 1.807) is 0 Å². The van der Waals surface area contributed by atoms with E-state index < -0.39 is 20.0 Å². The Labute approximate surface area is 148 Å². The van der Waals surface area contributed by atoms with Crippen LogP contribution in [0.3, 0.4) is 0 Å². The molecule has 25 heavy (non-hydrogen) atoms. The van der Waals surface area contributed by atoms with Gasteiger partial charge in [-0.15, -0.1) is 0 Å². The fraction of sp³-hybridized carbons (Fsp3) is 0.625. The molecule has 0 bridgehead atoms. The molecule has 3 unspecified atom stereocenters. The maximum absolute atomic E-state index is 12.8. The second-order valence-electron chi connectivity index (χ2n) is 7.35. The first kappa shape index (κ1) is 17.4. The smallest absolute Gasteiger partial charge is 0.243 e. The maximum atomic E-state index is 12.8. The molecular formula is C16H23N3O4S2. The van der Waals surface area contributed by atoms with E-state index in [0.29, 0.717) is 19.0 Å². The van der Waals surface area contributed by atoms with Crippen molar-refractivity contribution in [3.05, 3.63) is 24.3 Å². The van der Waals surface area contributed by atoms with Crippen LogP contribution in [0, 0.1) is 11.8 Å². The minimum Gasteiger partial charge on any atom is -0.327 e. The van der Waals surface area contributed by atoms with Gasteiger partial charge in [0, 0.05) is 25.2 Å². The van der Waals surface area contributed by atoms with Crippen molar-refractivity contribution < 1.29 is 16.8 Å². The zero-order chi connectivity index (χ0) is 17.8. The van der Waals surface area contributed by atoms with Crippen molar-refractivity contribution >= 4 is 20.0 Å². The largest absolute Gasteiger partial charge is 0.327 e. The predicted octanol–water partition coefficient (Wildman–Crippen LogP) is 0.485. The van der Waals surface area contributed by atoms with Crippen molar-refractivity contribution in [2.75, 3.05) is 13.1 Å². The van der Waals surface area contributed by atoms with Crippen LogP contribution in [0.15, 0.2) is 34.1 Å². The summed E-state index contributed by atoms with van der Waals surface area (Å²) in [7, 11) is -7.19. The molecule has 1 heterocycles. The summed E-state index contributed by atoms with van der Waals surface area (Å²) < 4.78 is 54.1. The van der Waals surface area contributed by atoms with Gasteiger partial charge >= 0.3 is 0 Å². The lowest BCUT2D eigenvalue weighted by atomic mass is 9.98. The van der Waals surface area contributed by atoms with Gasteiger partial charge in [-0.1, -0.05) is 0 Å². The summed E-state index contributed by atoms with van der Waals surface area (Å²) in [6, 6.07) is 5.57. The van der Waals surface area contributed by atoms with Crippen molar-refractivity contribution in [3.63, 3.8) is 0 Å². The number of hydrogen-bond acceptors (Lipinski definition) is 5. The highest BCUT2D eigenvalue weighted by Gasteiger charge is 2.45. The second kappa shape index (κ2) is 6.02. The van der Waals surface area contributed by atoms with Gasteiger partial charge in [0.15, 0.2) is 0 Å². The zero-order valence-corrected chi connectivity index (χ0v) is 15.5. The Morgan fingerprint density at radius 3 is 2.16 bits per heavy atom. The van der Waals surface area contributed by atoms with E-state index in [9.17, 15) is 16.8 Å². The number of nitrogens with two attached hydrogens (primary N) is 1. The van der Waals surface area contributed by atoms with Crippen LogP contribution >= 0.6 is 0 Å². The Balaban J connectivity index is 1.53. The van der Waals surface area contributed by atoms with Crippen LogP contribution in [0.5, 0.6) is 0 Å². The zero-order valence-electron chi connectivity index (χ0n) is 13.8. The molecule has 1 aromatic rings. The highest BCUT2D eigenvalue weighted by molar-refractivity contribution is 7.89. The third-order valence-electron chi connectivity index (χ3n) is 5.55. The van der Waals surface area contributed by atoms with E-state index in [2.05, 4.69) is 4.72 Å². The average molecular weight is 386 g/mol. The van der Waals surface area contributed by atoms with Gasteiger partial charge in [-0.25, -0.2) is 21.6 Å². The van der Waals surface area contributed by atoms with Gasteiger partial charge in [-0.2, -0.15) is 4.31 Å². The number of benzene rings is 1. The number of nitrogens with zero attached hydrogens (tertiary/aromatic N) is 1. The number of fused-ring (bicyclic) bond motifs is 1. The minimum absolute atomic E-state index is 0.0154. The fourth-order valence-corrected chi connectivity index (χ4v) is 6.73. The molecule has 1 saturated heterocycles. The number of sulfonamides is 2. The summed E-state index contributed by atoms with van der Waals surface area (Å²) in [5.74, 6) is 0.573. The Hall–Kier alpha value is -1.00. The molecule has 0 spiro atoms. The molecule has 3 atom stereocenters. The van der Waals surface area contributed by atoms with Crippen molar-refractivity contribution in [1.82, 2.24) is 9.03 Å². The molecule has 3 fully saturated rings. The SMILES string of the molecule is NC1CCC2CN(S(=O)(=O)c3ccc(S(=O)(=O)NC4CC4)cc3)CC12. The molecule has 0 radical (unpaired) electrons. The van der Waals surface area contributed by atoms with Crippen LogP contribution in [0.1, 0.15) is 25.7 Å². The fourth-order valence-electron chi connectivity index (χ4n) is 3.89. The lowest BCUT2D eigenvalue weighted by Crippen LogP contribution is -2.33. The van der Waals surface area contributed by atoms with Crippen LogP contribution in [0.2, 0.25) is 0 Å². The van der Waals surface area contributed by atoms with Crippen LogP contribution in [0.4, 0.5) is 0 Å². The Kier molecular flexibility index (Phi) is 4.19. The monoisotopic (exact) mass is 385 g/mol. The third kappa shape index (κ3) is 3.23. The topological polar surface area (TPSA) is 110 Å². The van der Waals surface area contributed by atoms with Gasteiger partial charge in [0.05, 0.1) is 9.79 Å². The Morgan fingerprint density at radius 1 is 0.920 bits per heavy atom. The summed E-state index contributed by atoms with van der Waals surface area (Å²) in [5.41, 5.74) is 6.08. The van der Waals surface area contributed by atoms with Crippen molar-refractivity contribution in [3.8, 4) is 0 Å². The lowest BCUT2D eigenvalue weighted by molar-refractivity contribution is 0.427. The summed E-state index contributed by atoms with van der Waals surface area (Å²) in [5, 5.41) is 0. The molecule has 3 aliphatic rings. The number of hydrogen-bond donors (Lipinski definition) is 2. The van der Waals surface area contributed by atoms with E-state index in [4.69, 9.17) is 5.73 Å². The summed E-state index contributed by atoms with van der Waals surface area (Å²) in [4.78, 5) is 0.227. The minimum atomic E-state index is -3.61. The first-order valence-corrected chi connectivity index (χ1v) is 11.6. The Bertz CT molecular complexity index is 863. The van der Waals surface area contributed by atoms with Crippen molar-refractivity contribution in [1.29, 1.82) is 0 Å². The molecule has 0 amide bonds. The summed E-state index contributed by atoms with van der Waals surface area (Å²) in [6.45, 7) is 0.960. The normalized spacial score (nSPS) is 30.5. The van der Waals surface area contributed by atoms with Crippen LogP contribution in [-0.4, -0.2) is 46.3 Å². The predicted molar refractivity (Wildman–Crippen MR) is 92.7 cm³/mol. The molecule has 0 aromatic heterocycles. The summed E-state index contributed by atoms with van der Waals surface area (Å²) >= 11 is 0. The van der Waals surface area contributed by atoms with E-state index >= 15 is 0 Å². The molecule has 1 aliphatic heterocycles. The summed E-state index contributed by atoms with van der Waals surface area (Å²) in [6.07, 6.45) is 3.64. The number of rotatable bonds is 5. The van der Waals surface area contributed by atoms with Crippen LogP contribution < -0.4 is 10.5 Å². The van der Waals surface area contributed by atoms with Gasteiger partial charge < -0.3 is 5.73 Å². The van der Waals surface area contributed by atoms with E-state index in [1.807, 2.05) is 0 Å². The van der Waals surface area contributed by atoms with Crippen molar-refractivity contribution in [2.24, 2.45) is 17.6 Å². The molecule has 1 aromatic carbocycles. The molecule has 3 N–H and O–H groups in total. The molecule has 2 saturated carbocycles. The van der Waals surface area contributed by atoms with Crippen LogP contribution in [0.25, 0.3) is 0 Å². The van der Waals surface area contributed by atoms with Gasteiger partial charge in [-0.3, -0.25) is 0 Å². The van der Waals surface area contributed by atoms with Crippen molar-refractivity contribution in [2.45, 2.75) is 47.6 Å². The molecular weight excluding hydrogens is 362 g/mol. The van der Waals surface area contributed by atoms with Gasteiger partial charge in [-0.05, 0) is 61.8 Å². The molecule has 7 nitrogen and oxygen atoms in total.